The second-order valence-corrected chi connectivity index (χ2v) is 9.79. The fourth-order valence-electron chi connectivity index (χ4n) is 4.19. The first-order chi connectivity index (χ1) is 15.4. The maximum absolute atomic E-state index is 13.3. The number of aliphatic hydroxyl groups is 1. The van der Waals surface area contributed by atoms with Gasteiger partial charge in [-0.15, -0.1) is 0 Å². The molecular formula is C22H33N3O8. The Morgan fingerprint density at radius 3 is 2.70 bits per heavy atom. The molecule has 0 aromatic rings. The van der Waals surface area contributed by atoms with E-state index in [1.165, 1.54) is 4.90 Å². The van der Waals surface area contributed by atoms with Gasteiger partial charge in [0.25, 0.3) is 0 Å². The number of alkyl carbamates (subject to hydrolysis) is 1. The van der Waals surface area contributed by atoms with Gasteiger partial charge in [0.15, 0.2) is 0 Å². The Kier molecular flexibility index (Phi) is 7.32. The van der Waals surface area contributed by atoms with E-state index in [-0.39, 0.29) is 38.3 Å². The van der Waals surface area contributed by atoms with Crippen LogP contribution in [0.5, 0.6) is 0 Å². The van der Waals surface area contributed by atoms with Crippen molar-refractivity contribution in [3.8, 4) is 0 Å². The van der Waals surface area contributed by atoms with Crippen LogP contribution in [0.25, 0.3) is 0 Å². The van der Waals surface area contributed by atoms with E-state index >= 15 is 0 Å². The third kappa shape index (κ3) is 6.02. The number of fused-ring (bicyclic) bond motifs is 2. The topological polar surface area (TPSA) is 154 Å². The van der Waals surface area contributed by atoms with Gasteiger partial charge in [0.2, 0.25) is 11.8 Å². The molecule has 184 valence electrons. The average molecular weight is 468 g/mol. The lowest BCUT2D eigenvalue weighted by Gasteiger charge is -2.30. The van der Waals surface area contributed by atoms with Crippen LogP contribution in [-0.2, 0) is 23.9 Å². The van der Waals surface area contributed by atoms with Crippen LogP contribution in [0.1, 0.15) is 46.5 Å². The van der Waals surface area contributed by atoms with Crippen molar-refractivity contribution >= 4 is 23.9 Å². The highest BCUT2D eigenvalue weighted by molar-refractivity contribution is 5.96. The van der Waals surface area contributed by atoms with E-state index in [9.17, 15) is 29.4 Å². The summed E-state index contributed by atoms with van der Waals surface area (Å²) < 4.78 is 10.8. The van der Waals surface area contributed by atoms with Crippen LogP contribution in [0.3, 0.4) is 0 Å². The Morgan fingerprint density at radius 1 is 1.30 bits per heavy atom. The van der Waals surface area contributed by atoms with Gasteiger partial charge < -0.3 is 35.2 Å². The third-order valence-corrected chi connectivity index (χ3v) is 5.94. The molecule has 2 aliphatic heterocycles. The van der Waals surface area contributed by atoms with Crippen LogP contribution in [0.2, 0.25) is 0 Å². The first-order valence-electron chi connectivity index (χ1n) is 11.2. The fourth-order valence-corrected chi connectivity index (χ4v) is 4.19. The molecule has 0 bridgehead atoms. The van der Waals surface area contributed by atoms with Crippen molar-refractivity contribution in [1.82, 2.24) is 15.5 Å². The van der Waals surface area contributed by atoms with Crippen LogP contribution in [-0.4, -0.2) is 88.1 Å². The molecule has 3 aliphatic rings. The minimum atomic E-state index is -1.43. The smallest absolute Gasteiger partial charge is 0.408 e. The number of carboxylic acids is 1. The summed E-state index contributed by atoms with van der Waals surface area (Å²) in [7, 11) is 0. The first kappa shape index (κ1) is 25.0. The molecule has 3 amide bonds. The number of hydrogen-bond donors (Lipinski definition) is 4. The highest BCUT2D eigenvalue weighted by Gasteiger charge is 2.61. The van der Waals surface area contributed by atoms with Crippen molar-refractivity contribution < 1.29 is 38.9 Å². The maximum Gasteiger partial charge on any atom is 0.408 e. The number of rotatable bonds is 2. The van der Waals surface area contributed by atoms with Crippen LogP contribution in [0.4, 0.5) is 4.79 Å². The second-order valence-electron chi connectivity index (χ2n) is 9.79. The molecule has 0 aromatic heterocycles. The van der Waals surface area contributed by atoms with Crippen molar-refractivity contribution in [3.63, 3.8) is 0 Å². The molecule has 5 unspecified atom stereocenters. The molecule has 0 radical (unpaired) electrons. The van der Waals surface area contributed by atoms with Crippen molar-refractivity contribution in [2.24, 2.45) is 5.92 Å². The number of aliphatic carboxylic acids is 1. The van der Waals surface area contributed by atoms with E-state index in [1.54, 1.807) is 26.8 Å². The Hall–Kier alpha value is -2.66. The molecule has 2 heterocycles. The number of nitrogens with zero attached hydrogens (tertiary/aromatic N) is 1. The maximum atomic E-state index is 13.3. The van der Waals surface area contributed by atoms with E-state index < -0.39 is 53.2 Å². The number of carbonyl (C=O) groups excluding carboxylic acids is 3. The number of carbonyl (C=O) groups is 4. The first-order valence-corrected chi connectivity index (χ1v) is 11.2. The minimum Gasteiger partial charge on any atom is -0.479 e. The molecule has 4 N–H and O–H groups in total. The molecule has 1 saturated heterocycles. The number of ether oxygens (including phenoxy) is 2. The summed E-state index contributed by atoms with van der Waals surface area (Å²) in [4.78, 5) is 51.8. The van der Waals surface area contributed by atoms with Crippen LogP contribution < -0.4 is 10.6 Å². The van der Waals surface area contributed by atoms with Crippen molar-refractivity contribution in [2.45, 2.75) is 75.8 Å². The summed E-state index contributed by atoms with van der Waals surface area (Å²) in [6.07, 6.45) is 2.75. The molecule has 0 spiro atoms. The van der Waals surface area contributed by atoms with E-state index in [2.05, 4.69) is 10.6 Å². The van der Waals surface area contributed by atoms with Gasteiger partial charge >= 0.3 is 12.1 Å². The van der Waals surface area contributed by atoms with Gasteiger partial charge in [-0.25, -0.2) is 9.59 Å². The minimum absolute atomic E-state index is 0.0244. The van der Waals surface area contributed by atoms with Gasteiger partial charge in [-0.3, -0.25) is 9.59 Å². The highest BCUT2D eigenvalue weighted by Crippen LogP contribution is 2.45. The van der Waals surface area contributed by atoms with E-state index in [0.29, 0.717) is 13.0 Å². The summed E-state index contributed by atoms with van der Waals surface area (Å²) in [5.41, 5.74) is -2.20. The molecular weight excluding hydrogens is 434 g/mol. The normalized spacial score (nSPS) is 33.2. The molecule has 0 aromatic carbocycles. The van der Waals surface area contributed by atoms with Crippen LogP contribution in [0.15, 0.2) is 12.2 Å². The number of hydrogen-bond acceptors (Lipinski definition) is 7. The number of aliphatic hydroxyl groups excluding tert-OH is 1. The third-order valence-electron chi connectivity index (χ3n) is 5.94. The zero-order chi connectivity index (χ0) is 24.4. The number of nitrogens with one attached hydrogen (secondary N) is 2. The lowest BCUT2D eigenvalue weighted by molar-refractivity contribution is -0.145. The predicted octanol–water partition coefficient (Wildman–Crippen LogP) is 0.168. The Bertz CT molecular complexity index is 823. The van der Waals surface area contributed by atoms with Gasteiger partial charge in [0.1, 0.15) is 23.2 Å². The van der Waals surface area contributed by atoms with E-state index in [0.717, 1.165) is 0 Å². The predicted molar refractivity (Wildman–Crippen MR) is 115 cm³/mol. The lowest BCUT2D eigenvalue weighted by atomic mass is 10.1. The quantitative estimate of drug-likeness (QED) is 0.419. The summed E-state index contributed by atoms with van der Waals surface area (Å²) in [6.45, 7) is 5.52. The van der Waals surface area contributed by atoms with E-state index in [4.69, 9.17) is 9.47 Å². The number of amides is 3. The van der Waals surface area contributed by atoms with Crippen LogP contribution in [0, 0.1) is 5.92 Å². The average Bonchev–Trinajstić information content (AvgIpc) is 3.25. The summed E-state index contributed by atoms with van der Waals surface area (Å²) in [5, 5.41) is 25.1. The van der Waals surface area contributed by atoms with Gasteiger partial charge in [0, 0.05) is 31.9 Å². The largest absolute Gasteiger partial charge is 0.479 e. The molecule has 1 saturated carbocycles. The number of carboxylic acid groups (broad SMARTS) is 1. The zero-order valence-electron chi connectivity index (χ0n) is 19.2. The molecule has 33 heavy (non-hydrogen) atoms. The van der Waals surface area contributed by atoms with Gasteiger partial charge in [-0.1, -0.05) is 12.2 Å². The zero-order valence-corrected chi connectivity index (χ0v) is 19.2. The van der Waals surface area contributed by atoms with Crippen molar-refractivity contribution in [3.05, 3.63) is 12.2 Å². The SMILES string of the molecule is CC(C)(C)OC(=O)NC1CCOCCC=CC2CC2(C(=O)O)NC(=O)C2CC(O)CN2C1=O. The molecule has 1 aliphatic carbocycles. The fraction of sp³-hybridized carbons (Fsp3) is 0.727. The summed E-state index contributed by atoms with van der Waals surface area (Å²) in [5.74, 6) is -2.71. The summed E-state index contributed by atoms with van der Waals surface area (Å²) >= 11 is 0. The Balaban J connectivity index is 1.83. The molecule has 3 rings (SSSR count). The molecule has 11 heteroatoms. The highest BCUT2D eigenvalue weighted by atomic mass is 16.6. The van der Waals surface area contributed by atoms with E-state index in [1.807, 2.05) is 6.08 Å². The molecule has 5 atom stereocenters. The standard InChI is InChI=1S/C22H33N3O8/c1-21(2,3)33-20(31)23-15-7-9-32-8-5-4-6-13-11-22(13,19(29)30)24-17(27)16-10-14(26)12-25(16)18(15)28/h4,6,13-16,26H,5,7-12H2,1-3H3,(H,23,31)(H,24,27)(H,29,30). The lowest BCUT2D eigenvalue weighted by Crippen LogP contribution is -2.56. The Morgan fingerprint density at radius 2 is 2.03 bits per heavy atom. The van der Waals surface area contributed by atoms with Crippen molar-refractivity contribution in [2.75, 3.05) is 19.8 Å². The molecule has 2 fully saturated rings. The van der Waals surface area contributed by atoms with Crippen molar-refractivity contribution in [1.29, 1.82) is 0 Å². The van der Waals surface area contributed by atoms with Crippen LogP contribution >= 0.6 is 0 Å². The van der Waals surface area contributed by atoms with Gasteiger partial charge in [0.05, 0.1) is 12.7 Å². The second kappa shape index (κ2) is 9.68. The monoisotopic (exact) mass is 467 g/mol. The van der Waals surface area contributed by atoms with Gasteiger partial charge in [-0.05, 0) is 33.6 Å². The molecule has 11 nitrogen and oxygen atoms in total. The van der Waals surface area contributed by atoms with Gasteiger partial charge in [-0.2, -0.15) is 0 Å². The summed E-state index contributed by atoms with van der Waals surface area (Å²) in [6, 6.07) is -2.09. The Labute approximate surface area is 192 Å².